The topological polar surface area (TPSA) is 12.0 Å². The minimum absolute atomic E-state index is 1.11. The molecule has 0 aliphatic rings. The molecule has 0 atom stereocenters. The molecule has 0 bridgehead atoms. The summed E-state index contributed by atoms with van der Waals surface area (Å²) in [4.78, 5) is 0. The molecule has 6 aromatic carbocycles. The minimum atomic E-state index is 1.11. The molecule has 0 unspecified atom stereocenters. The van der Waals surface area contributed by atoms with Crippen LogP contribution in [0.5, 0.6) is 0 Å². The van der Waals surface area contributed by atoms with Crippen LogP contribution in [0.4, 0.5) is 11.4 Å². The lowest BCUT2D eigenvalue weighted by molar-refractivity contribution is 1.60. The normalized spacial score (nSPS) is 11.8. The van der Waals surface area contributed by atoms with Crippen LogP contribution >= 0.6 is 11.3 Å². The van der Waals surface area contributed by atoms with Gasteiger partial charge in [-0.15, -0.1) is 11.3 Å². The fraction of sp³-hybridized carbons (Fsp3) is 0. The standard InChI is InChI=1S/C30H19NS/c1-2-9-23-21(7-1)22-8-3-4-10-24(22)28-17-19(13-15-25(23)28)31-20-14-16-27-26-11-5-6-12-29(26)32-30(27)18-20/h1-18,31H. The first kappa shape index (κ1) is 17.8. The van der Waals surface area contributed by atoms with E-state index in [4.69, 9.17) is 0 Å². The first-order chi connectivity index (χ1) is 15.8. The van der Waals surface area contributed by atoms with Crippen LogP contribution < -0.4 is 5.32 Å². The van der Waals surface area contributed by atoms with Crippen molar-refractivity contribution in [3.63, 3.8) is 0 Å². The van der Waals surface area contributed by atoms with E-state index < -0.39 is 0 Å². The van der Waals surface area contributed by atoms with Crippen molar-refractivity contribution in [2.45, 2.75) is 0 Å². The molecule has 7 rings (SSSR count). The Hall–Kier alpha value is -3.88. The highest BCUT2D eigenvalue weighted by Crippen LogP contribution is 2.38. The van der Waals surface area contributed by atoms with Crippen LogP contribution in [0.3, 0.4) is 0 Å². The number of hydrogen-bond donors (Lipinski definition) is 1. The summed E-state index contributed by atoms with van der Waals surface area (Å²) in [6, 6.07) is 39.5. The third-order valence-corrected chi connectivity index (χ3v) is 7.55. The molecule has 2 heteroatoms. The smallest absolute Gasteiger partial charge is 0.0398 e. The van der Waals surface area contributed by atoms with E-state index in [1.807, 2.05) is 11.3 Å². The zero-order valence-corrected chi connectivity index (χ0v) is 18.1. The third-order valence-electron chi connectivity index (χ3n) is 6.41. The molecule has 0 saturated heterocycles. The van der Waals surface area contributed by atoms with E-state index in [-0.39, 0.29) is 0 Å². The average Bonchev–Trinajstić information content (AvgIpc) is 3.22. The highest BCUT2D eigenvalue weighted by atomic mass is 32.1. The molecule has 1 aromatic heterocycles. The van der Waals surface area contributed by atoms with Crippen LogP contribution in [-0.4, -0.2) is 0 Å². The van der Waals surface area contributed by atoms with Crippen molar-refractivity contribution >= 4 is 75.2 Å². The predicted octanol–water partition coefficient (Wildman–Crippen LogP) is 9.26. The van der Waals surface area contributed by atoms with Crippen molar-refractivity contribution in [3.8, 4) is 0 Å². The van der Waals surface area contributed by atoms with Gasteiger partial charge in [-0.25, -0.2) is 0 Å². The lowest BCUT2D eigenvalue weighted by Gasteiger charge is -2.13. The maximum Gasteiger partial charge on any atom is 0.0398 e. The monoisotopic (exact) mass is 425 g/mol. The van der Waals surface area contributed by atoms with Crippen LogP contribution in [-0.2, 0) is 0 Å². The number of anilines is 2. The van der Waals surface area contributed by atoms with Gasteiger partial charge in [0.05, 0.1) is 0 Å². The Kier molecular flexibility index (Phi) is 3.78. The van der Waals surface area contributed by atoms with Gasteiger partial charge in [0.15, 0.2) is 0 Å². The fourth-order valence-corrected chi connectivity index (χ4v) is 6.10. The minimum Gasteiger partial charge on any atom is -0.355 e. The van der Waals surface area contributed by atoms with Crippen molar-refractivity contribution < 1.29 is 0 Å². The molecule has 0 fully saturated rings. The molecule has 0 saturated carbocycles. The van der Waals surface area contributed by atoms with Crippen molar-refractivity contribution in [3.05, 3.63) is 109 Å². The van der Waals surface area contributed by atoms with Crippen LogP contribution in [0.2, 0.25) is 0 Å². The molecule has 0 radical (unpaired) electrons. The maximum absolute atomic E-state index is 3.65. The van der Waals surface area contributed by atoms with Gasteiger partial charge >= 0.3 is 0 Å². The predicted molar refractivity (Wildman–Crippen MR) is 142 cm³/mol. The quantitative estimate of drug-likeness (QED) is 0.272. The molecule has 1 N–H and O–H groups in total. The highest BCUT2D eigenvalue weighted by Gasteiger charge is 2.09. The molecule has 0 spiro atoms. The van der Waals surface area contributed by atoms with Gasteiger partial charge in [-0.1, -0.05) is 78.9 Å². The zero-order valence-electron chi connectivity index (χ0n) is 17.3. The second-order valence-corrected chi connectivity index (χ2v) is 9.37. The fourth-order valence-electron chi connectivity index (χ4n) is 4.96. The second-order valence-electron chi connectivity index (χ2n) is 8.29. The largest absolute Gasteiger partial charge is 0.355 e. The maximum atomic E-state index is 3.65. The summed E-state index contributed by atoms with van der Waals surface area (Å²) in [5, 5.41) is 14.1. The zero-order chi connectivity index (χ0) is 21.1. The molecule has 0 aliphatic heterocycles. The lowest BCUT2D eigenvalue weighted by Crippen LogP contribution is -1.91. The molecular formula is C30H19NS. The summed E-state index contributed by atoms with van der Waals surface area (Å²) >= 11 is 1.85. The van der Waals surface area contributed by atoms with E-state index in [0.29, 0.717) is 0 Å². The number of benzene rings is 6. The first-order valence-electron chi connectivity index (χ1n) is 10.9. The number of nitrogens with one attached hydrogen (secondary N) is 1. The Balaban J connectivity index is 1.39. The summed E-state index contributed by atoms with van der Waals surface area (Å²) in [5.74, 6) is 0. The van der Waals surface area contributed by atoms with E-state index in [1.165, 1.54) is 52.5 Å². The van der Waals surface area contributed by atoms with Gasteiger partial charge in [-0.3, -0.25) is 0 Å². The van der Waals surface area contributed by atoms with Gasteiger partial charge < -0.3 is 5.32 Å². The lowest BCUT2D eigenvalue weighted by atomic mass is 9.94. The van der Waals surface area contributed by atoms with Gasteiger partial charge in [-0.2, -0.15) is 0 Å². The van der Waals surface area contributed by atoms with Crippen molar-refractivity contribution in [2.75, 3.05) is 5.32 Å². The van der Waals surface area contributed by atoms with E-state index in [9.17, 15) is 0 Å². The Morgan fingerprint density at radius 1 is 0.375 bits per heavy atom. The summed E-state index contributed by atoms with van der Waals surface area (Å²) in [6.07, 6.45) is 0. The van der Waals surface area contributed by atoms with Gasteiger partial charge in [0.1, 0.15) is 0 Å². The summed E-state index contributed by atoms with van der Waals surface area (Å²) in [5.41, 5.74) is 2.23. The average molecular weight is 426 g/mol. The van der Waals surface area contributed by atoms with E-state index in [0.717, 1.165) is 11.4 Å². The molecule has 32 heavy (non-hydrogen) atoms. The van der Waals surface area contributed by atoms with Crippen LogP contribution in [0.25, 0.3) is 52.5 Å². The SMILES string of the molecule is c1ccc2c(c1)sc1cc(Nc3ccc4c5ccccc5c5ccccc5c4c3)ccc12. The summed E-state index contributed by atoms with van der Waals surface area (Å²) in [6.45, 7) is 0. The van der Waals surface area contributed by atoms with Crippen LogP contribution in [0.15, 0.2) is 109 Å². The van der Waals surface area contributed by atoms with Crippen LogP contribution in [0.1, 0.15) is 0 Å². The van der Waals surface area contributed by atoms with E-state index in [2.05, 4.69) is 115 Å². The number of hydrogen-bond acceptors (Lipinski definition) is 2. The summed E-state index contributed by atoms with van der Waals surface area (Å²) < 4.78 is 2.65. The molecule has 7 aromatic rings. The molecule has 150 valence electrons. The molecule has 0 amide bonds. The van der Waals surface area contributed by atoms with Crippen molar-refractivity contribution in [2.24, 2.45) is 0 Å². The van der Waals surface area contributed by atoms with Crippen molar-refractivity contribution in [1.29, 1.82) is 0 Å². The van der Waals surface area contributed by atoms with Gasteiger partial charge in [-0.05, 0) is 62.6 Å². The Labute approximate surface area is 189 Å². The number of thiophene rings is 1. The number of fused-ring (bicyclic) bond motifs is 9. The Morgan fingerprint density at radius 3 is 1.53 bits per heavy atom. The molecule has 1 heterocycles. The molecular weight excluding hydrogens is 406 g/mol. The Bertz CT molecular complexity index is 1770. The van der Waals surface area contributed by atoms with Crippen molar-refractivity contribution in [1.82, 2.24) is 0 Å². The molecule has 1 nitrogen and oxygen atoms in total. The first-order valence-corrected chi connectivity index (χ1v) is 11.7. The van der Waals surface area contributed by atoms with Gasteiger partial charge in [0.2, 0.25) is 0 Å². The highest BCUT2D eigenvalue weighted by molar-refractivity contribution is 7.25. The molecule has 0 aliphatic carbocycles. The van der Waals surface area contributed by atoms with Gasteiger partial charge in [0, 0.05) is 31.5 Å². The van der Waals surface area contributed by atoms with Crippen LogP contribution in [0, 0.1) is 0 Å². The second kappa shape index (κ2) is 6.81. The van der Waals surface area contributed by atoms with E-state index in [1.54, 1.807) is 0 Å². The Morgan fingerprint density at radius 2 is 0.844 bits per heavy atom. The summed E-state index contributed by atoms with van der Waals surface area (Å²) in [7, 11) is 0. The number of rotatable bonds is 2. The van der Waals surface area contributed by atoms with E-state index >= 15 is 0 Å². The third kappa shape index (κ3) is 2.63. The van der Waals surface area contributed by atoms with Gasteiger partial charge in [0.25, 0.3) is 0 Å².